The molecular weight excluding hydrogens is 537 g/mol. The van der Waals surface area contributed by atoms with E-state index in [4.69, 9.17) is 16.3 Å². The van der Waals surface area contributed by atoms with Gasteiger partial charge in [0.2, 0.25) is 5.91 Å². The van der Waals surface area contributed by atoms with Crippen molar-refractivity contribution in [3.05, 3.63) is 63.7 Å². The van der Waals surface area contributed by atoms with Gasteiger partial charge in [0.15, 0.2) is 5.69 Å². The molecule has 1 amide bonds. The molecule has 0 N–H and O–H groups in total. The second-order valence-electron chi connectivity index (χ2n) is 7.72. The van der Waals surface area contributed by atoms with E-state index < -0.39 is 29.3 Å². The topological polar surface area (TPSA) is 50.6 Å². The number of piperazine rings is 1. The van der Waals surface area contributed by atoms with Gasteiger partial charge in [-0.2, -0.15) is 18.3 Å². The molecule has 1 aliphatic rings. The summed E-state index contributed by atoms with van der Waals surface area (Å²) in [5.74, 6) is 0.248. The number of rotatable bonds is 5. The molecule has 0 saturated carbocycles. The van der Waals surface area contributed by atoms with Crippen molar-refractivity contribution in [1.29, 1.82) is 0 Å². The molecule has 1 fully saturated rings. The highest BCUT2D eigenvalue weighted by Crippen LogP contribution is 2.40. The third-order valence-corrected chi connectivity index (χ3v) is 6.64. The normalized spacial score (nSPS) is 14.4. The van der Waals surface area contributed by atoms with Crippen LogP contribution >= 0.6 is 27.5 Å². The number of carbonyl (C=O) groups excluding carboxylic acids is 1. The second-order valence-corrected chi connectivity index (χ2v) is 8.95. The summed E-state index contributed by atoms with van der Waals surface area (Å²) in [7, 11) is 1.58. The zero-order valence-corrected chi connectivity index (χ0v) is 20.5. The van der Waals surface area contributed by atoms with Crippen molar-refractivity contribution >= 4 is 39.1 Å². The van der Waals surface area contributed by atoms with Gasteiger partial charge < -0.3 is 14.5 Å². The van der Waals surface area contributed by atoms with Crippen LogP contribution in [0.4, 0.5) is 18.9 Å². The van der Waals surface area contributed by atoms with Gasteiger partial charge in [-0.25, -0.2) is 4.68 Å². The van der Waals surface area contributed by atoms with Gasteiger partial charge in [-0.15, -0.1) is 0 Å². The molecule has 2 aromatic carbocycles. The smallest absolute Gasteiger partial charge is 0.434 e. The van der Waals surface area contributed by atoms with Gasteiger partial charge >= 0.3 is 6.18 Å². The molecule has 1 saturated heterocycles. The van der Waals surface area contributed by atoms with Crippen LogP contribution in [-0.2, 0) is 17.5 Å². The summed E-state index contributed by atoms with van der Waals surface area (Å²) in [6.07, 6.45) is -4.75. The van der Waals surface area contributed by atoms with Gasteiger partial charge in [0.25, 0.3) is 0 Å². The lowest BCUT2D eigenvalue weighted by Crippen LogP contribution is -2.49. The minimum absolute atomic E-state index is 0.00334. The number of hydrogen-bond donors (Lipinski definition) is 0. The van der Waals surface area contributed by atoms with Gasteiger partial charge in [0, 0.05) is 43.5 Å². The fraction of sp³-hybridized carbons (Fsp3) is 0.304. The number of alkyl halides is 3. The fourth-order valence-electron chi connectivity index (χ4n) is 3.89. The van der Waals surface area contributed by atoms with Crippen molar-refractivity contribution in [3.63, 3.8) is 0 Å². The number of aromatic nitrogens is 2. The van der Waals surface area contributed by atoms with E-state index in [-0.39, 0.29) is 5.69 Å². The zero-order chi connectivity index (χ0) is 24.5. The van der Waals surface area contributed by atoms with Crippen LogP contribution in [0.25, 0.3) is 11.3 Å². The van der Waals surface area contributed by atoms with E-state index in [1.54, 1.807) is 42.3 Å². The molecule has 34 heavy (non-hydrogen) atoms. The van der Waals surface area contributed by atoms with E-state index in [9.17, 15) is 18.0 Å². The summed E-state index contributed by atoms with van der Waals surface area (Å²) in [5, 5.41) is 3.55. The Hall–Kier alpha value is -2.72. The van der Waals surface area contributed by atoms with E-state index >= 15 is 0 Å². The number of halogens is 5. The molecule has 0 aliphatic carbocycles. The van der Waals surface area contributed by atoms with Crippen molar-refractivity contribution in [2.75, 3.05) is 38.2 Å². The van der Waals surface area contributed by atoms with Gasteiger partial charge in [0.05, 0.1) is 16.6 Å². The molecule has 6 nitrogen and oxygen atoms in total. The summed E-state index contributed by atoms with van der Waals surface area (Å²) in [5.41, 5.74) is 0.263. The average molecular weight is 558 g/mol. The van der Waals surface area contributed by atoms with Crippen LogP contribution in [0.15, 0.2) is 53.0 Å². The van der Waals surface area contributed by atoms with Gasteiger partial charge in [0.1, 0.15) is 18.0 Å². The lowest BCUT2D eigenvalue weighted by atomic mass is 10.1. The van der Waals surface area contributed by atoms with Crippen LogP contribution in [0.5, 0.6) is 5.75 Å². The maximum Gasteiger partial charge on any atom is 0.434 e. The maximum atomic E-state index is 13.8. The Morgan fingerprint density at radius 1 is 1.12 bits per heavy atom. The molecule has 180 valence electrons. The molecule has 0 unspecified atom stereocenters. The number of ether oxygens (including phenoxy) is 1. The number of carbonyl (C=O) groups is 1. The first-order valence-corrected chi connectivity index (χ1v) is 11.6. The van der Waals surface area contributed by atoms with Crippen LogP contribution in [0.2, 0.25) is 5.02 Å². The number of benzene rings is 2. The summed E-state index contributed by atoms with van der Waals surface area (Å²) in [6, 6.07) is 14.1. The molecule has 11 heteroatoms. The standard InChI is InChI=1S/C23H21BrClF3N4O2/c1-34-18-13-16(7-8-17(18)24)30-9-11-31(12-10-30)19(33)14-32-22(23(26,27)28)20(25)21(29-32)15-5-3-2-4-6-15/h2-8,13H,9-12,14H2,1H3. The van der Waals surface area contributed by atoms with Gasteiger partial charge in [-0.1, -0.05) is 41.9 Å². The van der Waals surface area contributed by atoms with Gasteiger partial charge in [-0.05, 0) is 28.1 Å². The predicted octanol–water partition coefficient (Wildman–Crippen LogP) is 5.34. The van der Waals surface area contributed by atoms with E-state index in [1.165, 1.54) is 0 Å². The van der Waals surface area contributed by atoms with Crippen LogP contribution in [0.1, 0.15) is 5.69 Å². The summed E-state index contributed by atoms with van der Waals surface area (Å²) in [6.45, 7) is 1.28. The first kappa shape index (κ1) is 24.4. The summed E-state index contributed by atoms with van der Waals surface area (Å²) in [4.78, 5) is 16.5. The van der Waals surface area contributed by atoms with Crippen molar-refractivity contribution in [3.8, 4) is 17.0 Å². The third kappa shape index (κ3) is 5.02. The van der Waals surface area contributed by atoms with E-state index in [2.05, 4.69) is 25.9 Å². The van der Waals surface area contributed by atoms with Crippen LogP contribution < -0.4 is 9.64 Å². The summed E-state index contributed by atoms with van der Waals surface area (Å²) >= 11 is 9.51. The number of hydrogen-bond acceptors (Lipinski definition) is 4. The van der Waals surface area contributed by atoms with Crippen molar-refractivity contribution in [2.45, 2.75) is 12.7 Å². The Bertz CT molecular complexity index is 1180. The van der Waals surface area contributed by atoms with E-state index in [0.717, 1.165) is 10.2 Å². The summed E-state index contributed by atoms with van der Waals surface area (Å²) < 4.78 is 48.1. The highest BCUT2D eigenvalue weighted by atomic mass is 79.9. The number of amides is 1. The Kier molecular flexibility index (Phi) is 7.09. The van der Waals surface area contributed by atoms with Crippen molar-refractivity contribution in [1.82, 2.24) is 14.7 Å². The van der Waals surface area contributed by atoms with Crippen LogP contribution in [-0.4, -0.2) is 53.9 Å². The Morgan fingerprint density at radius 2 is 1.79 bits per heavy atom. The molecule has 0 atom stereocenters. The molecule has 1 aliphatic heterocycles. The third-order valence-electron chi connectivity index (χ3n) is 5.63. The molecule has 0 radical (unpaired) electrons. The minimum atomic E-state index is -4.75. The second kappa shape index (κ2) is 9.87. The molecule has 2 heterocycles. The lowest BCUT2D eigenvalue weighted by molar-refractivity contribution is -0.145. The number of anilines is 1. The monoisotopic (exact) mass is 556 g/mol. The van der Waals surface area contributed by atoms with Crippen molar-refractivity contribution < 1.29 is 22.7 Å². The Balaban J connectivity index is 1.49. The molecule has 3 aromatic rings. The SMILES string of the molecule is COc1cc(N2CCN(C(=O)Cn3nc(-c4ccccc4)c(Cl)c3C(F)(F)F)CC2)ccc1Br. The maximum absolute atomic E-state index is 13.8. The highest BCUT2D eigenvalue weighted by Gasteiger charge is 2.40. The number of methoxy groups -OCH3 is 1. The Labute approximate surface area is 208 Å². The fourth-order valence-corrected chi connectivity index (χ4v) is 4.65. The molecule has 4 rings (SSSR count). The van der Waals surface area contributed by atoms with E-state index in [1.807, 2.05) is 18.2 Å². The van der Waals surface area contributed by atoms with Crippen LogP contribution in [0, 0.1) is 0 Å². The average Bonchev–Trinajstić information content (AvgIpc) is 3.16. The van der Waals surface area contributed by atoms with E-state index in [0.29, 0.717) is 42.2 Å². The van der Waals surface area contributed by atoms with Gasteiger partial charge in [-0.3, -0.25) is 4.79 Å². The first-order valence-electron chi connectivity index (χ1n) is 10.4. The number of nitrogens with zero attached hydrogens (tertiary/aromatic N) is 4. The predicted molar refractivity (Wildman–Crippen MR) is 127 cm³/mol. The molecule has 1 aromatic heterocycles. The Morgan fingerprint density at radius 3 is 2.41 bits per heavy atom. The molecular formula is C23H21BrClF3N4O2. The minimum Gasteiger partial charge on any atom is -0.495 e. The highest BCUT2D eigenvalue weighted by molar-refractivity contribution is 9.10. The first-order chi connectivity index (χ1) is 16.2. The lowest BCUT2D eigenvalue weighted by Gasteiger charge is -2.36. The van der Waals surface area contributed by atoms with Crippen molar-refractivity contribution in [2.24, 2.45) is 0 Å². The quantitative estimate of drug-likeness (QED) is 0.425. The largest absolute Gasteiger partial charge is 0.495 e. The molecule has 0 bridgehead atoms. The molecule has 0 spiro atoms. The van der Waals surface area contributed by atoms with Crippen LogP contribution in [0.3, 0.4) is 0 Å². The zero-order valence-electron chi connectivity index (χ0n) is 18.1.